The lowest BCUT2D eigenvalue weighted by molar-refractivity contribution is -0.143. The SMILES string of the molecule is CN(c1ccc(NC(=O)c2ccc(C(F)(F)F)cc2C(F)(F)F)cc1OCc1cccc(C(F)(F)F)c1)S(C)(=O)=O. The molecule has 0 atom stereocenters. The first kappa shape index (κ1) is 31.6. The van der Waals surface area contributed by atoms with E-state index in [0.717, 1.165) is 54.0 Å². The summed E-state index contributed by atoms with van der Waals surface area (Å²) >= 11 is 0. The van der Waals surface area contributed by atoms with E-state index in [4.69, 9.17) is 4.74 Å². The Kier molecular flexibility index (Phi) is 8.58. The lowest BCUT2D eigenvalue weighted by Crippen LogP contribution is -2.25. The van der Waals surface area contributed by atoms with E-state index in [0.29, 0.717) is 12.1 Å². The van der Waals surface area contributed by atoms with Crippen molar-refractivity contribution in [2.45, 2.75) is 25.1 Å². The third-order valence-electron chi connectivity index (χ3n) is 5.60. The minimum absolute atomic E-state index is 0.0294. The minimum atomic E-state index is -5.32. The fourth-order valence-corrected chi connectivity index (χ4v) is 4.00. The van der Waals surface area contributed by atoms with Gasteiger partial charge in [0.1, 0.15) is 12.4 Å². The number of amides is 1. The van der Waals surface area contributed by atoms with E-state index in [2.05, 4.69) is 5.32 Å². The molecule has 0 bridgehead atoms. The molecular weight excluding hydrogens is 595 g/mol. The van der Waals surface area contributed by atoms with Crippen molar-refractivity contribution in [3.05, 3.63) is 88.5 Å². The van der Waals surface area contributed by atoms with E-state index in [1.54, 1.807) is 0 Å². The molecule has 0 saturated carbocycles. The Morgan fingerprint density at radius 1 is 0.829 bits per heavy atom. The van der Waals surface area contributed by atoms with E-state index in [1.807, 2.05) is 0 Å². The van der Waals surface area contributed by atoms with Crippen molar-refractivity contribution < 1.29 is 57.5 Å². The summed E-state index contributed by atoms with van der Waals surface area (Å²) in [6.07, 6.45) is -14.3. The Labute approximate surface area is 227 Å². The molecule has 1 N–H and O–H groups in total. The van der Waals surface area contributed by atoms with Crippen LogP contribution in [0.2, 0.25) is 0 Å². The van der Waals surface area contributed by atoms with Crippen molar-refractivity contribution in [2.75, 3.05) is 22.9 Å². The second-order valence-corrected chi connectivity index (χ2v) is 10.6. The molecule has 16 heteroatoms. The zero-order chi connectivity index (χ0) is 31.0. The van der Waals surface area contributed by atoms with Crippen LogP contribution in [0.15, 0.2) is 60.7 Å². The predicted octanol–water partition coefficient (Wildman–Crippen LogP) is 6.97. The Hall–Kier alpha value is -3.95. The number of carbonyl (C=O) groups excluding carboxylic acids is 1. The van der Waals surface area contributed by atoms with Crippen molar-refractivity contribution >= 4 is 27.3 Å². The molecule has 0 radical (unpaired) electrons. The van der Waals surface area contributed by atoms with Gasteiger partial charge in [0.05, 0.1) is 34.2 Å². The average Bonchev–Trinajstić information content (AvgIpc) is 2.85. The topological polar surface area (TPSA) is 75.7 Å². The standard InChI is InChI=1S/C25H19F9N2O4S/c1-36(41(2,38)39)20-9-7-17(12-21(20)40-13-14-4-3-5-15(10-14)23(26,27)28)35-22(37)18-8-6-16(24(29,30)31)11-19(18)25(32,33)34/h3-12H,13H2,1-2H3,(H,35,37). The van der Waals surface area contributed by atoms with Crippen LogP contribution in [0, 0.1) is 0 Å². The van der Waals surface area contributed by atoms with Crippen LogP contribution in [0.25, 0.3) is 0 Å². The average molecular weight is 614 g/mol. The highest BCUT2D eigenvalue weighted by Gasteiger charge is 2.39. The van der Waals surface area contributed by atoms with Crippen LogP contribution in [0.1, 0.15) is 32.6 Å². The third-order valence-corrected chi connectivity index (χ3v) is 6.79. The Morgan fingerprint density at radius 2 is 1.44 bits per heavy atom. The number of hydrogen-bond acceptors (Lipinski definition) is 4. The molecular formula is C25H19F9N2O4S. The van der Waals surface area contributed by atoms with Gasteiger partial charge in [-0.2, -0.15) is 39.5 Å². The summed E-state index contributed by atoms with van der Waals surface area (Å²) < 4.78 is 149. The van der Waals surface area contributed by atoms with Crippen LogP contribution in [-0.2, 0) is 35.2 Å². The highest BCUT2D eigenvalue weighted by Crippen LogP contribution is 2.38. The molecule has 0 saturated heterocycles. The van der Waals surface area contributed by atoms with Gasteiger partial charge in [-0.1, -0.05) is 12.1 Å². The fraction of sp³-hybridized carbons (Fsp3) is 0.240. The smallest absolute Gasteiger partial charge is 0.417 e. The van der Waals surface area contributed by atoms with Crippen molar-refractivity contribution in [3.8, 4) is 5.75 Å². The molecule has 0 aliphatic heterocycles. The molecule has 0 aromatic heterocycles. The van der Waals surface area contributed by atoms with Gasteiger partial charge in [-0.15, -0.1) is 0 Å². The van der Waals surface area contributed by atoms with Gasteiger partial charge in [0.2, 0.25) is 10.0 Å². The Morgan fingerprint density at radius 3 is 2.00 bits per heavy atom. The first-order valence-corrected chi connectivity index (χ1v) is 13.0. The van der Waals surface area contributed by atoms with Gasteiger partial charge in [-0.3, -0.25) is 9.10 Å². The second-order valence-electron chi connectivity index (χ2n) is 8.61. The summed E-state index contributed by atoms with van der Waals surface area (Å²) in [4.78, 5) is 12.7. The van der Waals surface area contributed by atoms with Gasteiger partial charge in [-0.05, 0) is 48.0 Å². The summed E-state index contributed by atoms with van der Waals surface area (Å²) in [5.41, 5.74) is -5.95. The van der Waals surface area contributed by atoms with Gasteiger partial charge < -0.3 is 10.1 Å². The van der Waals surface area contributed by atoms with Gasteiger partial charge in [0.15, 0.2) is 0 Å². The number of alkyl halides is 9. The van der Waals surface area contributed by atoms with Crippen LogP contribution < -0.4 is 14.4 Å². The quantitative estimate of drug-likeness (QED) is 0.292. The second kappa shape index (κ2) is 11.1. The molecule has 6 nitrogen and oxygen atoms in total. The number of benzene rings is 3. The van der Waals surface area contributed by atoms with E-state index >= 15 is 0 Å². The van der Waals surface area contributed by atoms with E-state index in [9.17, 15) is 52.7 Å². The first-order valence-electron chi connectivity index (χ1n) is 11.1. The zero-order valence-electron chi connectivity index (χ0n) is 20.9. The van der Waals surface area contributed by atoms with Crippen LogP contribution in [0.4, 0.5) is 50.9 Å². The van der Waals surface area contributed by atoms with Crippen molar-refractivity contribution in [1.29, 1.82) is 0 Å². The van der Waals surface area contributed by atoms with Crippen molar-refractivity contribution in [2.24, 2.45) is 0 Å². The number of nitrogens with one attached hydrogen (secondary N) is 1. The molecule has 1 amide bonds. The van der Waals surface area contributed by atoms with Crippen LogP contribution in [0.3, 0.4) is 0 Å². The lowest BCUT2D eigenvalue weighted by Gasteiger charge is -2.21. The number of nitrogens with zero attached hydrogens (tertiary/aromatic N) is 1. The molecule has 41 heavy (non-hydrogen) atoms. The van der Waals surface area contributed by atoms with Crippen LogP contribution >= 0.6 is 0 Å². The molecule has 3 aromatic carbocycles. The monoisotopic (exact) mass is 614 g/mol. The lowest BCUT2D eigenvalue weighted by atomic mass is 10.0. The molecule has 3 aromatic rings. The summed E-state index contributed by atoms with van der Waals surface area (Å²) in [6.45, 7) is -0.511. The number of halogens is 9. The van der Waals surface area contributed by atoms with Crippen LogP contribution in [0.5, 0.6) is 5.75 Å². The number of sulfonamides is 1. The summed E-state index contributed by atoms with van der Waals surface area (Å²) in [5, 5.41) is 2.08. The van der Waals surface area contributed by atoms with E-state index in [-0.39, 0.29) is 28.8 Å². The number of ether oxygens (including phenoxy) is 1. The number of anilines is 2. The molecule has 0 unspecified atom stereocenters. The van der Waals surface area contributed by atoms with E-state index < -0.39 is 63.3 Å². The number of rotatable bonds is 7. The summed E-state index contributed by atoms with van der Waals surface area (Å²) in [7, 11) is -2.78. The molecule has 222 valence electrons. The maximum Gasteiger partial charge on any atom is 0.417 e. The normalized spacial score (nSPS) is 12.7. The number of hydrogen-bond donors (Lipinski definition) is 1. The van der Waals surface area contributed by atoms with Gasteiger partial charge in [-0.25, -0.2) is 8.42 Å². The van der Waals surface area contributed by atoms with Gasteiger partial charge in [0.25, 0.3) is 5.91 Å². The molecule has 0 spiro atoms. The largest absolute Gasteiger partial charge is 0.487 e. The van der Waals surface area contributed by atoms with Crippen LogP contribution in [-0.4, -0.2) is 27.6 Å². The van der Waals surface area contributed by atoms with Gasteiger partial charge >= 0.3 is 18.5 Å². The molecule has 0 aliphatic carbocycles. The summed E-state index contributed by atoms with van der Waals surface area (Å²) in [5.74, 6) is -1.74. The number of carbonyl (C=O) groups is 1. The molecule has 0 fully saturated rings. The predicted molar refractivity (Wildman–Crippen MR) is 130 cm³/mol. The Balaban J connectivity index is 1.98. The van der Waals surface area contributed by atoms with Crippen molar-refractivity contribution in [3.63, 3.8) is 0 Å². The highest BCUT2D eigenvalue weighted by atomic mass is 32.2. The molecule has 3 rings (SSSR count). The van der Waals surface area contributed by atoms with Crippen molar-refractivity contribution in [1.82, 2.24) is 0 Å². The maximum absolute atomic E-state index is 13.5. The maximum atomic E-state index is 13.5. The minimum Gasteiger partial charge on any atom is -0.487 e. The third kappa shape index (κ3) is 7.83. The fourth-order valence-electron chi connectivity index (χ4n) is 3.50. The van der Waals surface area contributed by atoms with Gasteiger partial charge in [0, 0.05) is 18.8 Å². The summed E-state index contributed by atoms with van der Waals surface area (Å²) in [6, 6.07) is 7.67. The Bertz CT molecular complexity index is 1550. The molecule has 0 heterocycles. The first-order chi connectivity index (χ1) is 18.7. The molecule has 0 aliphatic rings. The zero-order valence-corrected chi connectivity index (χ0v) is 21.7. The highest BCUT2D eigenvalue weighted by molar-refractivity contribution is 7.92. The van der Waals surface area contributed by atoms with E-state index in [1.165, 1.54) is 6.07 Å².